The number of hydrogen-bond acceptors (Lipinski definition) is 1. The third-order valence-electron chi connectivity index (χ3n) is 3.51. The molecule has 0 atom stereocenters. The zero-order valence-electron chi connectivity index (χ0n) is 11.7. The lowest BCUT2D eigenvalue weighted by molar-refractivity contribution is 0.578. The molecule has 3 aromatic rings. The summed E-state index contributed by atoms with van der Waals surface area (Å²) in [6.07, 6.45) is 2.03. The molecular weight excluding hydrogens is 270 g/mol. The standard InChI is InChI=1S/C17H16F2N2/c1-20-9-13-11-21(17-5-3-2-4-16(13)17)10-12-6-14(18)8-15(19)7-12/h2-8,11,20H,9-10H2,1H3. The van der Waals surface area contributed by atoms with E-state index < -0.39 is 11.6 Å². The van der Waals surface area contributed by atoms with Gasteiger partial charge in [0.05, 0.1) is 0 Å². The number of benzene rings is 2. The molecule has 2 aromatic carbocycles. The number of para-hydroxylation sites is 1. The molecule has 1 heterocycles. The zero-order chi connectivity index (χ0) is 14.8. The van der Waals surface area contributed by atoms with Gasteiger partial charge in [-0.25, -0.2) is 8.78 Å². The summed E-state index contributed by atoms with van der Waals surface area (Å²) in [4.78, 5) is 0. The van der Waals surface area contributed by atoms with Crippen molar-refractivity contribution >= 4 is 10.9 Å². The van der Waals surface area contributed by atoms with Crippen molar-refractivity contribution in [1.29, 1.82) is 0 Å². The van der Waals surface area contributed by atoms with E-state index in [2.05, 4.69) is 11.4 Å². The molecule has 0 bridgehead atoms. The van der Waals surface area contributed by atoms with Crippen LogP contribution >= 0.6 is 0 Å². The second-order valence-electron chi connectivity index (χ2n) is 5.11. The largest absolute Gasteiger partial charge is 0.343 e. The molecule has 0 aliphatic rings. The summed E-state index contributed by atoms with van der Waals surface area (Å²) >= 11 is 0. The Morgan fingerprint density at radius 2 is 1.76 bits per heavy atom. The normalized spacial score (nSPS) is 11.2. The third kappa shape index (κ3) is 2.81. The fourth-order valence-electron chi connectivity index (χ4n) is 2.68. The first kappa shape index (κ1) is 13.8. The lowest BCUT2D eigenvalue weighted by Crippen LogP contribution is -2.04. The quantitative estimate of drug-likeness (QED) is 0.774. The van der Waals surface area contributed by atoms with Crippen LogP contribution in [0.2, 0.25) is 0 Å². The van der Waals surface area contributed by atoms with E-state index in [0.717, 1.165) is 23.5 Å². The molecule has 0 aliphatic heterocycles. The Labute approximate surface area is 122 Å². The van der Waals surface area contributed by atoms with E-state index in [1.165, 1.54) is 17.7 Å². The highest BCUT2D eigenvalue weighted by Crippen LogP contribution is 2.22. The zero-order valence-corrected chi connectivity index (χ0v) is 11.7. The molecule has 0 fully saturated rings. The van der Waals surface area contributed by atoms with Crippen LogP contribution in [0.4, 0.5) is 8.78 Å². The van der Waals surface area contributed by atoms with Crippen molar-refractivity contribution in [2.24, 2.45) is 0 Å². The number of rotatable bonds is 4. The van der Waals surface area contributed by atoms with Crippen LogP contribution in [0.25, 0.3) is 10.9 Å². The first-order valence-electron chi connectivity index (χ1n) is 6.83. The van der Waals surface area contributed by atoms with Crippen LogP contribution < -0.4 is 5.32 Å². The second-order valence-corrected chi connectivity index (χ2v) is 5.11. The van der Waals surface area contributed by atoms with Gasteiger partial charge in [-0.1, -0.05) is 18.2 Å². The van der Waals surface area contributed by atoms with Crippen molar-refractivity contribution in [3.8, 4) is 0 Å². The second kappa shape index (κ2) is 5.66. The van der Waals surface area contributed by atoms with Crippen LogP contribution in [-0.2, 0) is 13.1 Å². The number of hydrogen-bond donors (Lipinski definition) is 1. The molecule has 2 nitrogen and oxygen atoms in total. The van der Waals surface area contributed by atoms with Gasteiger partial charge in [-0.15, -0.1) is 0 Å². The van der Waals surface area contributed by atoms with Crippen LogP contribution in [0.1, 0.15) is 11.1 Å². The Balaban J connectivity index is 2.04. The van der Waals surface area contributed by atoms with Crippen molar-refractivity contribution in [2.75, 3.05) is 7.05 Å². The Morgan fingerprint density at radius 1 is 1.05 bits per heavy atom. The van der Waals surface area contributed by atoms with Gasteiger partial charge in [0.25, 0.3) is 0 Å². The molecule has 0 spiro atoms. The first-order valence-corrected chi connectivity index (χ1v) is 6.83. The Kier molecular flexibility index (Phi) is 3.71. The number of aromatic nitrogens is 1. The first-order chi connectivity index (χ1) is 10.2. The van der Waals surface area contributed by atoms with Crippen molar-refractivity contribution in [3.63, 3.8) is 0 Å². The SMILES string of the molecule is CNCc1cn(Cc2cc(F)cc(F)c2)c2ccccc12. The number of nitrogens with one attached hydrogen (secondary N) is 1. The number of nitrogens with zero attached hydrogens (tertiary/aromatic N) is 1. The highest BCUT2D eigenvalue weighted by Gasteiger charge is 2.09. The summed E-state index contributed by atoms with van der Waals surface area (Å²) in [5, 5.41) is 4.29. The molecule has 21 heavy (non-hydrogen) atoms. The summed E-state index contributed by atoms with van der Waals surface area (Å²) < 4.78 is 28.6. The summed E-state index contributed by atoms with van der Waals surface area (Å²) in [6.45, 7) is 1.20. The molecule has 0 saturated heterocycles. The molecule has 108 valence electrons. The fraction of sp³-hybridized carbons (Fsp3) is 0.176. The van der Waals surface area contributed by atoms with E-state index in [-0.39, 0.29) is 0 Å². The van der Waals surface area contributed by atoms with E-state index in [9.17, 15) is 8.78 Å². The lowest BCUT2D eigenvalue weighted by atomic mass is 10.2. The van der Waals surface area contributed by atoms with E-state index in [4.69, 9.17) is 0 Å². The van der Waals surface area contributed by atoms with Gasteiger partial charge in [0.2, 0.25) is 0 Å². The van der Waals surface area contributed by atoms with Crippen molar-refractivity contribution < 1.29 is 8.78 Å². The van der Waals surface area contributed by atoms with E-state index in [1.54, 1.807) is 0 Å². The van der Waals surface area contributed by atoms with Gasteiger partial charge in [-0.05, 0) is 36.4 Å². The molecule has 1 aromatic heterocycles. The van der Waals surface area contributed by atoms with Gasteiger partial charge >= 0.3 is 0 Å². The predicted molar refractivity (Wildman–Crippen MR) is 80.2 cm³/mol. The smallest absolute Gasteiger partial charge is 0.126 e. The highest BCUT2D eigenvalue weighted by atomic mass is 19.1. The molecule has 0 radical (unpaired) electrons. The lowest BCUT2D eigenvalue weighted by Gasteiger charge is -2.06. The van der Waals surface area contributed by atoms with Gasteiger partial charge in [0, 0.05) is 36.3 Å². The molecule has 3 rings (SSSR count). The van der Waals surface area contributed by atoms with Gasteiger partial charge in [-0.3, -0.25) is 0 Å². The summed E-state index contributed by atoms with van der Waals surface area (Å²) in [5.74, 6) is -1.09. The monoisotopic (exact) mass is 286 g/mol. The fourth-order valence-corrected chi connectivity index (χ4v) is 2.68. The van der Waals surface area contributed by atoms with Crippen LogP contribution in [0.5, 0.6) is 0 Å². The minimum absolute atomic E-state index is 0.443. The van der Waals surface area contributed by atoms with Crippen LogP contribution in [0.3, 0.4) is 0 Å². The van der Waals surface area contributed by atoms with Gasteiger partial charge in [0.1, 0.15) is 11.6 Å². The van der Waals surface area contributed by atoms with Crippen molar-refractivity contribution in [3.05, 3.63) is 71.4 Å². The summed E-state index contributed by atoms with van der Waals surface area (Å²) in [7, 11) is 1.90. The average Bonchev–Trinajstić information content (AvgIpc) is 2.77. The van der Waals surface area contributed by atoms with Crippen LogP contribution in [0.15, 0.2) is 48.7 Å². The molecule has 4 heteroatoms. The minimum atomic E-state index is -0.545. The maximum Gasteiger partial charge on any atom is 0.126 e. The maximum atomic E-state index is 13.3. The maximum absolute atomic E-state index is 13.3. The topological polar surface area (TPSA) is 17.0 Å². The molecular formula is C17H16F2N2. The molecule has 0 aliphatic carbocycles. The molecule has 0 saturated carbocycles. The van der Waals surface area contributed by atoms with Gasteiger partial charge in [-0.2, -0.15) is 0 Å². The van der Waals surface area contributed by atoms with Crippen LogP contribution in [-0.4, -0.2) is 11.6 Å². The van der Waals surface area contributed by atoms with Crippen molar-refractivity contribution in [2.45, 2.75) is 13.1 Å². The minimum Gasteiger partial charge on any atom is -0.343 e. The summed E-state index contributed by atoms with van der Waals surface area (Å²) in [5.41, 5.74) is 2.85. The Morgan fingerprint density at radius 3 is 2.48 bits per heavy atom. The van der Waals surface area contributed by atoms with Crippen molar-refractivity contribution in [1.82, 2.24) is 9.88 Å². The van der Waals surface area contributed by atoms with E-state index in [0.29, 0.717) is 12.1 Å². The Hall–Kier alpha value is -2.20. The van der Waals surface area contributed by atoms with Gasteiger partial charge in [0.15, 0.2) is 0 Å². The third-order valence-corrected chi connectivity index (χ3v) is 3.51. The summed E-state index contributed by atoms with van der Waals surface area (Å²) in [6, 6.07) is 11.7. The Bertz CT molecular complexity index is 757. The number of halogens is 2. The molecule has 0 amide bonds. The highest BCUT2D eigenvalue weighted by molar-refractivity contribution is 5.84. The number of fused-ring (bicyclic) bond motifs is 1. The van der Waals surface area contributed by atoms with E-state index in [1.807, 2.05) is 36.0 Å². The average molecular weight is 286 g/mol. The van der Waals surface area contributed by atoms with Gasteiger partial charge < -0.3 is 9.88 Å². The predicted octanol–water partition coefficient (Wildman–Crippen LogP) is 3.69. The molecule has 1 N–H and O–H groups in total. The van der Waals surface area contributed by atoms with Crippen LogP contribution in [0, 0.1) is 11.6 Å². The molecule has 0 unspecified atom stereocenters. The van der Waals surface area contributed by atoms with E-state index >= 15 is 0 Å².